The van der Waals surface area contributed by atoms with E-state index in [9.17, 15) is 13.5 Å². The van der Waals surface area contributed by atoms with Crippen LogP contribution in [-0.2, 0) is 10.0 Å². The fourth-order valence-electron chi connectivity index (χ4n) is 5.03. The first-order valence-electron chi connectivity index (χ1n) is 11.8. The van der Waals surface area contributed by atoms with Gasteiger partial charge in [0, 0.05) is 31.9 Å². The lowest BCUT2D eigenvalue weighted by atomic mass is 9.99. The molecule has 1 fully saturated rings. The van der Waals surface area contributed by atoms with Crippen LogP contribution in [0.3, 0.4) is 0 Å². The summed E-state index contributed by atoms with van der Waals surface area (Å²) in [6.45, 7) is 12.6. The van der Waals surface area contributed by atoms with E-state index in [-0.39, 0.29) is 10.6 Å². The van der Waals surface area contributed by atoms with Gasteiger partial charge in [-0.15, -0.1) is 0 Å². The first kappa shape index (κ1) is 25.4. The van der Waals surface area contributed by atoms with Crippen LogP contribution in [0.1, 0.15) is 47.1 Å². The molecule has 1 aliphatic heterocycles. The van der Waals surface area contributed by atoms with Crippen molar-refractivity contribution in [3.05, 3.63) is 46.0 Å². The maximum atomic E-state index is 14.1. The zero-order valence-electron chi connectivity index (χ0n) is 21.2. The van der Waals surface area contributed by atoms with Crippen molar-refractivity contribution in [2.75, 3.05) is 49.5 Å². The first-order valence-corrected chi connectivity index (χ1v) is 13.2. The van der Waals surface area contributed by atoms with Crippen molar-refractivity contribution in [3.63, 3.8) is 0 Å². The van der Waals surface area contributed by atoms with Gasteiger partial charge in [0.1, 0.15) is 10.6 Å². The van der Waals surface area contributed by atoms with Gasteiger partial charge in [0.2, 0.25) is 0 Å². The number of nitrogens with zero attached hydrogens (tertiary/aromatic N) is 3. The Bertz CT molecular complexity index is 1120. The maximum Gasteiger partial charge on any atom is 0.268 e. The van der Waals surface area contributed by atoms with Crippen LogP contribution in [0.15, 0.2) is 23.1 Å². The molecule has 3 rings (SSSR count). The molecule has 0 bridgehead atoms. The van der Waals surface area contributed by atoms with Crippen LogP contribution in [0.4, 0.5) is 11.4 Å². The summed E-state index contributed by atoms with van der Waals surface area (Å²) in [7, 11) is -0.117. The SMILES string of the molecule is Cc1cc(C)c(O)c(S(=O)(=O)N(CCN(C)C)c2c(C)cc(C)c(N3CCCCC3)c2C)c1. The van der Waals surface area contributed by atoms with Crippen LogP contribution in [-0.4, -0.2) is 58.7 Å². The second kappa shape index (κ2) is 9.94. The quantitative estimate of drug-likeness (QED) is 0.633. The predicted molar refractivity (Wildman–Crippen MR) is 137 cm³/mol. The minimum absolute atomic E-state index is 0.0300. The molecular weight excluding hydrogens is 434 g/mol. The number of sulfonamides is 1. The number of phenolic OH excluding ortho intramolecular Hbond substituents is 1. The molecule has 2 aromatic rings. The Morgan fingerprint density at radius 2 is 1.52 bits per heavy atom. The number of phenols is 1. The molecule has 0 aliphatic carbocycles. The Kier molecular flexibility index (Phi) is 7.64. The molecule has 1 N–H and O–H groups in total. The molecule has 0 radical (unpaired) electrons. The minimum Gasteiger partial charge on any atom is -0.506 e. The van der Waals surface area contributed by atoms with Gasteiger partial charge in [0.05, 0.1) is 5.69 Å². The van der Waals surface area contributed by atoms with Crippen molar-refractivity contribution in [2.24, 2.45) is 0 Å². The highest BCUT2D eigenvalue weighted by Crippen LogP contribution is 2.40. The molecular formula is C26H39N3O3S. The Morgan fingerprint density at radius 3 is 2.12 bits per heavy atom. The molecule has 182 valence electrons. The number of piperidine rings is 1. The Balaban J connectivity index is 2.23. The lowest BCUT2D eigenvalue weighted by Gasteiger charge is -2.35. The summed E-state index contributed by atoms with van der Waals surface area (Å²) in [5, 5.41) is 10.7. The summed E-state index contributed by atoms with van der Waals surface area (Å²) in [4.78, 5) is 4.36. The van der Waals surface area contributed by atoms with E-state index in [0.717, 1.165) is 54.0 Å². The summed E-state index contributed by atoms with van der Waals surface area (Å²) >= 11 is 0. The van der Waals surface area contributed by atoms with Gasteiger partial charge >= 0.3 is 0 Å². The van der Waals surface area contributed by atoms with E-state index in [2.05, 4.69) is 17.9 Å². The highest BCUT2D eigenvalue weighted by molar-refractivity contribution is 7.93. The standard InChI is InChI=1S/C26H39N3O3S/c1-18-15-21(4)26(30)23(16-18)33(31,32)29(14-13-27(6)7)25-20(3)17-19(2)24(22(25)5)28-11-9-8-10-12-28/h15-17,30H,8-14H2,1-7H3. The fraction of sp³-hybridized carbons (Fsp3) is 0.538. The summed E-state index contributed by atoms with van der Waals surface area (Å²) in [5.74, 6) is -0.172. The summed E-state index contributed by atoms with van der Waals surface area (Å²) in [5.41, 5.74) is 6.33. The van der Waals surface area contributed by atoms with Crippen LogP contribution in [0.5, 0.6) is 5.75 Å². The monoisotopic (exact) mass is 473 g/mol. The summed E-state index contributed by atoms with van der Waals surface area (Å²) in [6, 6.07) is 5.48. The molecule has 0 aromatic heterocycles. The van der Waals surface area contributed by atoms with E-state index in [4.69, 9.17) is 0 Å². The number of likely N-dealkylation sites (N-methyl/N-ethyl adjacent to an activating group) is 1. The van der Waals surface area contributed by atoms with Crippen molar-refractivity contribution in [3.8, 4) is 5.75 Å². The lowest BCUT2D eigenvalue weighted by molar-refractivity contribution is 0.419. The first-order chi connectivity index (χ1) is 15.4. The number of hydrogen-bond donors (Lipinski definition) is 1. The second-order valence-corrected chi connectivity index (χ2v) is 11.5. The van der Waals surface area contributed by atoms with Crippen molar-refractivity contribution in [1.29, 1.82) is 0 Å². The average molecular weight is 474 g/mol. The van der Waals surface area contributed by atoms with E-state index in [1.165, 1.54) is 16.3 Å². The highest BCUT2D eigenvalue weighted by Gasteiger charge is 2.32. The fourth-order valence-corrected chi connectivity index (χ4v) is 6.85. The molecule has 33 heavy (non-hydrogen) atoms. The largest absolute Gasteiger partial charge is 0.506 e. The molecule has 1 heterocycles. The van der Waals surface area contributed by atoms with Crippen LogP contribution >= 0.6 is 0 Å². The van der Waals surface area contributed by atoms with Crippen LogP contribution in [0, 0.1) is 34.6 Å². The Hall–Kier alpha value is -2.25. The van der Waals surface area contributed by atoms with Gasteiger partial charge in [-0.1, -0.05) is 12.1 Å². The van der Waals surface area contributed by atoms with E-state index in [0.29, 0.717) is 18.7 Å². The van der Waals surface area contributed by atoms with Crippen LogP contribution in [0.25, 0.3) is 0 Å². The smallest absolute Gasteiger partial charge is 0.268 e. The summed E-state index contributed by atoms with van der Waals surface area (Å²) < 4.78 is 29.7. The van der Waals surface area contributed by atoms with E-state index in [1.54, 1.807) is 19.1 Å². The number of anilines is 2. The van der Waals surface area contributed by atoms with Gasteiger partial charge in [0.15, 0.2) is 0 Å². The second-order valence-electron chi connectivity index (χ2n) is 9.69. The van der Waals surface area contributed by atoms with Crippen molar-refractivity contribution >= 4 is 21.4 Å². The van der Waals surface area contributed by atoms with Crippen LogP contribution < -0.4 is 9.21 Å². The van der Waals surface area contributed by atoms with Gasteiger partial charge in [-0.2, -0.15) is 0 Å². The van der Waals surface area contributed by atoms with Gasteiger partial charge in [-0.25, -0.2) is 8.42 Å². The molecule has 7 heteroatoms. The molecule has 1 saturated heterocycles. The lowest BCUT2D eigenvalue weighted by Crippen LogP contribution is -2.38. The van der Waals surface area contributed by atoms with Crippen LogP contribution in [0.2, 0.25) is 0 Å². The van der Waals surface area contributed by atoms with E-state index in [1.807, 2.05) is 39.8 Å². The van der Waals surface area contributed by atoms with E-state index < -0.39 is 10.0 Å². The Labute approximate surface area is 199 Å². The van der Waals surface area contributed by atoms with Crippen molar-refractivity contribution < 1.29 is 13.5 Å². The predicted octanol–water partition coefficient (Wildman–Crippen LogP) is 4.68. The zero-order chi connectivity index (χ0) is 24.5. The third-order valence-corrected chi connectivity index (χ3v) is 8.35. The van der Waals surface area contributed by atoms with Gasteiger partial charge < -0.3 is 14.9 Å². The molecule has 2 aromatic carbocycles. The topological polar surface area (TPSA) is 64.1 Å². The van der Waals surface area contributed by atoms with Crippen molar-refractivity contribution in [2.45, 2.75) is 58.8 Å². The third-order valence-electron chi connectivity index (χ3n) is 6.54. The Morgan fingerprint density at radius 1 is 0.879 bits per heavy atom. The normalized spacial score (nSPS) is 14.7. The number of hydrogen-bond acceptors (Lipinski definition) is 5. The molecule has 0 spiro atoms. The maximum absolute atomic E-state index is 14.1. The van der Waals surface area contributed by atoms with Gasteiger partial charge in [0.25, 0.3) is 10.0 Å². The molecule has 1 aliphatic rings. The van der Waals surface area contributed by atoms with Gasteiger partial charge in [-0.05, 0) is 102 Å². The third kappa shape index (κ3) is 5.14. The number of rotatable bonds is 7. The molecule has 0 saturated carbocycles. The number of aromatic hydroxyl groups is 1. The number of aryl methyl sites for hydroxylation is 4. The molecule has 0 amide bonds. The van der Waals surface area contributed by atoms with E-state index >= 15 is 0 Å². The van der Waals surface area contributed by atoms with Gasteiger partial charge in [-0.3, -0.25) is 4.31 Å². The molecule has 6 nitrogen and oxygen atoms in total. The molecule has 0 atom stereocenters. The van der Waals surface area contributed by atoms with Crippen molar-refractivity contribution in [1.82, 2.24) is 4.90 Å². The number of benzene rings is 2. The molecule has 0 unspecified atom stereocenters. The highest BCUT2D eigenvalue weighted by atomic mass is 32.2. The average Bonchev–Trinajstić information content (AvgIpc) is 2.73. The summed E-state index contributed by atoms with van der Waals surface area (Å²) in [6.07, 6.45) is 3.55. The minimum atomic E-state index is -3.99. The zero-order valence-corrected chi connectivity index (χ0v) is 22.0.